The molecule has 0 aromatic heterocycles. The summed E-state index contributed by atoms with van der Waals surface area (Å²) in [6, 6.07) is 9.90. The van der Waals surface area contributed by atoms with Crippen molar-refractivity contribution in [1.82, 2.24) is 5.32 Å². The minimum atomic E-state index is -0.636. The van der Waals surface area contributed by atoms with Gasteiger partial charge in [-0.05, 0) is 25.0 Å². The molecule has 3 aliphatic heterocycles. The largest absolute Gasteiger partial charge is 0.360 e. The third-order valence-corrected chi connectivity index (χ3v) is 5.39. The number of ether oxygens (including phenoxy) is 1. The molecule has 1 aromatic carbocycles. The highest BCUT2D eigenvalue weighted by atomic mass is 16.5. The number of anilines is 1. The standard InChI is InChI=1S/C18H18N2O3/c21-16(19-11-6-7-11)14-13-8-9-18(23-13)10-20(17(22)15(14)18)12-4-2-1-3-5-12/h1-5,8-9,11,13-15H,6-7,10H2,(H,19,21)/t13-,14?,15?,18-/m1/s1. The summed E-state index contributed by atoms with van der Waals surface area (Å²) < 4.78 is 6.11. The maximum absolute atomic E-state index is 13.0. The van der Waals surface area contributed by atoms with Crippen LogP contribution in [0.1, 0.15) is 12.8 Å². The Labute approximate surface area is 134 Å². The molecule has 5 heteroatoms. The number of hydrogen-bond donors (Lipinski definition) is 1. The maximum atomic E-state index is 13.0. The van der Waals surface area contributed by atoms with Gasteiger partial charge in [0.2, 0.25) is 11.8 Å². The summed E-state index contributed by atoms with van der Waals surface area (Å²) in [4.78, 5) is 27.4. The molecule has 2 bridgehead atoms. The van der Waals surface area contributed by atoms with Gasteiger partial charge in [-0.1, -0.05) is 30.4 Å². The van der Waals surface area contributed by atoms with E-state index in [1.165, 1.54) is 0 Å². The molecule has 5 nitrogen and oxygen atoms in total. The summed E-state index contributed by atoms with van der Waals surface area (Å²) >= 11 is 0. The number of carbonyl (C=O) groups excluding carboxylic acids is 2. The molecule has 1 N–H and O–H groups in total. The highest BCUT2D eigenvalue weighted by Crippen LogP contribution is 2.52. The Morgan fingerprint density at radius 3 is 2.78 bits per heavy atom. The monoisotopic (exact) mass is 310 g/mol. The molecule has 1 aliphatic carbocycles. The van der Waals surface area contributed by atoms with Gasteiger partial charge in [0, 0.05) is 11.7 Å². The maximum Gasteiger partial charge on any atom is 0.234 e. The summed E-state index contributed by atoms with van der Waals surface area (Å²) in [5.41, 5.74) is 0.228. The molecule has 0 radical (unpaired) electrons. The van der Waals surface area contributed by atoms with E-state index in [4.69, 9.17) is 4.74 Å². The third-order valence-electron chi connectivity index (χ3n) is 5.39. The van der Waals surface area contributed by atoms with Crippen LogP contribution >= 0.6 is 0 Å². The van der Waals surface area contributed by atoms with Gasteiger partial charge in [-0.2, -0.15) is 0 Å². The highest BCUT2D eigenvalue weighted by Gasteiger charge is 2.67. The van der Waals surface area contributed by atoms with E-state index >= 15 is 0 Å². The van der Waals surface area contributed by atoms with Crippen LogP contribution in [-0.2, 0) is 14.3 Å². The summed E-state index contributed by atoms with van der Waals surface area (Å²) in [5.74, 6) is -0.839. The van der Waals surface area contributed by atoms with Gasteiger partial charge >= 0.3 is 0 Å². The zero-order valence-electron chi connectivity index (χ0n) is 12.6. The molecule has 2 unspecified atom stereocenters. The quantitative estimate of drug-likeness (QED) is 0.855. The average Bonchev–Trinajstić information content (AvgIpc) is 3.09. The predicted molar refractivity (Wildman–Crippen MR) is 83.7 cm³/mol. The fourth-order valence-corrected chi connectivity index (χ4v) is 4.15. The van der Waals surface area contributed by atoms with E-state index in [1.807, 2.05) is 42.5 Å². The molecular weight excluding hydrogens is 292 g/mol. The molecule has 118 valence electrons. The number of hydrogen-bond acceptors (Lipinski definition) is 3. The van der Waals surface area contributed by atoms with Crippen molar-refractivity contribution in [2.75, 3.05) is 11.4 Å². The first-order chi connectivity index (χ1) is 11.2. The first-order valence-corrected chi connectivity index (χ1v) is 8.22. The zero-order valence-corrected chi connectivity index (χ0v) is 12.6. The topological polar surface area (TPSA) is 58.6 Å². The van der Waals surface area contributed by atoms with Crippen molar-refractivity contribution in [3.05, 3.63) is 42.5 Å². The van der Waals surface area contributed by atoms with Crippen LogP contribution in [0.25, 0.3) is 0 Å². The van der Waals surface area contributed by atoms with Gasteiger partial charge in [-0.15, -0.1) is 0 Å². The van der Waals surface area contributed by atoms with Crippen molar-refractivity contribution < 1.29 is 14.3 Å². The van der Waals surface area contributed by atoms with Gasteiger partial charge in [-0.3, -0.25) is 9.59 Å². The van der Waals surface area contributed by atoms with E-state index in [2.05, 4.69) is 5.32 Å². The number of carbonyl (C=O) groups is 2. The van der Waals surface area contributed by atoms with Crippen molar-refractivity contribution >= 4 is 17.5 Å². The van der Waals surface area contributed by atoms with Crippen LogP contribution < -0.4 is 10.2 Å². The van der Waals surface area contributed by atoms with Crippen molar-refractivity contribution in [2.24, 2.45) is 11.8 Å². The molecule has 3 heterocycles. The molecule has 4 aliphatic rings. The lowest BCUT2D eigenvalue weighted by atomic mass is 9.77. The van der Waals surface area contributed by atoms with Gasteiger partial charge < -0.3 is 15.0 Å². The smallest absolute Gasteiger partial charge is 0.234 e. The molecule has 2 amide bonds. The van der Waals surface area contributed by atoms with E-state index in [1.54, 1.807) is 4.90 Å². The highest BCUT2D eigenvalue weighted by molar-refractivity contribution is 6.03. The Morgan fingerprint density at radius 2 is 2.04 bits per heavy atom. The molecule has 1 spiro atoms. The number of nitrogens with one attached hydrogen (secondary N) is 1. The molecule has 1 saturated carbocycles. The van der Waals surface area contributed by atoms with E-state index in [0.29, 0.717) is 12.6 Å². The van der Waals surface area contributed by atoms with Crippen LogP contribution in [0.5, 0.6) is 0 Å². The van der Waals surface area contributed by atoms with Gasteiger partial charge in [0.1, 0.15) is 5.60 Å². The first-order valence-electron chi connectivity index (χ1n) is 8.22. The molecule has 23 heavy (non-hydrogen) atoms. The second kappa shape index (κ2) is 4.45. The number of benzene rings is 1. The average molecular weight is 310 g/mol. The summed E-state index contributed by atoms with van der Waals surface area (Å²) in [6.07, 6.45) is 5.76. The van der Waals surface area contributed by atoms with Crippen LogP contribution in [0, 0.1) is 11.8 Å². The second-order valence-corrected chi connectivity index (χ2v) is 6.94. The Hall–Kier alpha value is -2.14. The first kappa shape index (κ1) is 13.3. The van der Waals surface area contributed by atoms with Gasteiger partial charge in [0.25, 0.3) is 0 Å². The zero-order chi connectivity index (χ0) is 15.6. The number of fused-ring (bicyclic) bond motifs is 1. The van der Waals surface area contributed by atoms with Gasteiger partial charge in [0.05, 0.1) is 24.5 Å². The summed E-state index contributed by atoms with van der Waals surface area (Å²) in [5, 5.41) is 3.04. The molecule has 2 saturated heterocycles. The Kier molecular flexibility index (Phi) is 2.57. The molecule has 1 aromatic rings. The van der Waals surface area contributed by atoms with Crippen LogP contribution in [0.4, 0.5) is 5.69 Å². The van der Waals surface area contributed by atoms with Crippen LogP contribution in [-0.4, -0.2) is 36.1 Å². The Bertz CT molecular complexity index is 712. The van der Waals surface area contributed by atoms with E-state index in [0.717, 1.165) is 18.5 Å². The Balaban J connectivity index is 1.48. The number of rotatable bonds is 3. The number of para-hydroxylation sites is 1. The number of nitrogens with zero attached hydrogens (tertiary/aromatic N) is 1. The number of amides is 2. The molecular formula is C18H18N2O3. The van der Waals surface area contributed by atoms with Crippen LogP contribution in [0.15, 0.2) is 42.5 Å². The van der Waals surface area contributed by atoms with Gasteiger partial charge in [-0.25, -0.2) is 0 Å². The molecule has 4 atom stereocenters. The lowest BCUT2D eigenvalue weighted by Gasteiger charge is -2.23. The van der Waals surface area contributed by atoms with Crippen LogP contribution in [0.3, 0.4) is 0 Å². The normalized spacial score (nSPS) is 37.3. The molecule has 5 rings (SSSR count). The van der Waals surface area contributed by atoms with Crippen molar-refractivity contribution in [2.45, 2.75) is 30.6 Å². The van der Waals surface area contributed by atoms with E-state index in [9.17, 15) is 9.59 Å². The van der Waals surface area contributed by atoms with Gasteiger partial charge in [0.15, 0.2) is 0 Å². The minimum Gasteiger partial charge on any atom is -0.360 e. The van der Waals surface area contributed by atoms with E-state index < -0.39 is 17.4 Å². The predicted octanol–water partition coefficient (Wildman–Crippen LogP) is 1.25. The van der Waals surface area contributed by atoms with Crippen molar-refractivity contribution in [1.29, 1.82) is 0 Å². The fourth-order valence-electron chi connectivity index (χ4n) is 4.15. The summed E-state index contributed by atoms with van der Waals surface area (Å²) in [7, 11) is 0. The molecule has 3 fully saturated rings. The van der Waals surface area contributed by atoms with Crippen LogP contribution in [0.2, 0.25) is 0 Å². The summed E-state index contributed by atoms with van der Waals surface area (Å²) in [6.45, 7) is 0.487. The fraction of sp³-hybridized carbons (Fsp3) is 0.444. The SMILES string of the molecule is O=C(NC1CC1)C1C2C(=O)N(c3ccccc3)C[C@]23C=C[C@H]1O3. The lowest BCUT2D eigenvalue weighted by molar-refractivity contribution is -0.132. The lowest BCUT2D eigenvalue weighted by Crippen LogP contribution is -2.44. The van der Waals surface area contributed by atoms with Crippen molar-refractivity contribution in [3.63, 3.8) is 0 Å². The Morgan fingerprint density at radius 1 is 1.26 bits per heavy atom. The van der Waals surface area contributed by atoms with Crippen molar-refractivity contribution in [3.8, 4) is 0 Å². The minimum absolute atomic E-state index is 0.000929. The second-order valence-electron chi connectivity index (χ2n) is 6.94. The van der Waals surface area contributed by atoms with E-state index in [-0.39, 0.29) is 17.9 Å². The third kappa shape index (κ3) is 1.83.